The normalized spacial score (nSPS) is 14.1. The molecule has 1 aromatic carbocycles. The lowest BCUT2D eigenvalue weighted by atomic mass is 9.99. The van der Waals surface area contributed by atoms with Crippen molar-refractivity contribution in [2.24, 2.45) is 0 Å². The van der Waals surface area contributed by atoms with Crippen LogP contribution in [0.3, 0.4) is 0 Å². The summed E-state index contributed by atoms with van der Waals surface area (Å²) in [5, 5.41) is 0. The molecule has 2 rings (SSSR count). The first-order valence-corrected chi connectivity index (χ1v) is 4.85. The van der Waals surface area contributed by atoms with Crippen LogP contribution in [0.5, 0.6) is 5.75 Å². The zero-order chi connectivity index (χ0) is 10.1. The van der Waals surface area contributed by atoms with Crippen LogP contribution >= 0.6 is 0 Å². The van der Waals surface area contributed by atoms with Gasteiger partial charge in [-0.2, -0.15) is 0 Å². The van der Waals surface area contributed by atoms with E-state index in [-0.39, 0.29) is 0 Å². The molecule has 14 heavy (non-hydrogen) atoms. The van der Waals surface area contributed by atoms with Gasteiger partial charge in [-0.05, 0) is 35.8 Å². The van der Waals surface area contributed by atoms with Gasteiger partial charge in [-0.25, -0.2) is 0 Å². The lowest BCUT2D eigenvalue weighted by Crippen LogP contribution is -1.98. The molecule has 0 aliphatic carbocycles. The minimum absolute atomic E-state index is 0.554. The van der Waals surface area contributed by atoms with E-state index in [0.29, 0.717) is 11.7 Å². The van der Waals surface area contributed by atoms with Crippen molar-refractivity contribution in [1.29, 1.82) is 0 Å². The summed E-state index contributed by atoms with van der Waals surface area (Å²) < 4.78 is 5.49. The van der Waals surface area contributed by atoms with Crippen LogP contribution in [0, 0.1) is 0 Å². The molecule has 0 N–H and O–H groups in total. The summed E-state index contributed by atoms with van der Waals surface area (Å²) in [6, 6.07) is 6.29. The van der Waals surface area contributed by atoms with Gasteiger partial charge in [-0.1, -0.05) is 26.5 Å². The summed E-state index contributed by atoms with van der Waals surface area (Å²) >= 11 is 0. The van der Waals surface area contributed by atoms with E-state index in [1.807, 2.05) is 18.2 Å². The molecular weight excluding hydrogens is 172 g/mol. The minimum Gasteiger partial charge on any atom is -0.457 e. The van der Waals surface area contributed by atoms with Crippen LogP contribution in [0.4, 0.5) is 0 Å². The lowest BCUT2D eigenvalue weighted by Gasteiger charge is -2.15. The third-order valence-corrected chi connectivity index (χ3v) is 2.39. The molecule has 1 nitrogen and oxygen atoms in total. The largest absolute Gasteiger partial charge is 0.457 e. The molecule has 1 aromatic rings. The quantitative estimate of drug-likeness (QED) is 0.649. The smallest absolute Gasteiger partial charge is 0.134 e. The zero-order valence-corrected chi connectivity index (χ0v) is 8.58. The van der Waals surface area contributed by atoms with E-state index in [0.717, 1.165) is 11.3 Å². The average molecular weight is 186 g/mol. The molecule has 1 heterocycles. The van der Waals surface area contributed by atoms with Gasteiger partial charge in [-0.3, -0.25) is 0 Å². The number of hydrogen-bond acceptors (Lipinski definition) is 1. The Kier molecular flexibility index (Phi) is 2.16. The first kappa shape index (κ1) is 9.07. The van der Waals surface area contributed by atoms with Gasteiger partial charge in [0.2, 0.25) is 0 Å². The SMILES string of the molecule is C=C1C=Cc2cc(C(C)C)ccc2O1. The van der Waals surface area contributed by atoms with Crippen LogP contribution in [0.15, 0.2) is 36.6 Å². The maximum Gasteiger partial charge on any atom is 0.134 e. The third-order valence-electron chi connectivity index (χ3n) is 2.39. The summed E-state index contributed by atoms with van der Waals surface area (Å²) in [6.45, 7) is 8.14. The van der Waals surface area contributed by atoms with E-state index in [1.165, 1.54) is 5.56 Å². The molecule has 0 spiro atoms. The summed E-state index contributed by atoms with van der Waals surface area (Å²) in [5.41, 5.74) is 2.48. The van der Waals surface area contributed by atoms with Gasteiger partial charge in [0.15, 0.2) is 0 Å². The summed E-state index contributed by atoms with van der Waals surface area (Å²) in [5.74, 6) is 2.16. The van der Waals surface area contributed by atoms with E-state index >= 15 is 0 Å². The molecule has 1 aliphatic rings. The molecule has 0 aromatic heterocycles. The van der Waals surface area contributed by atoms with Crippen molar-refractivity contribution < 1.29 is 4.74 Å². The van der Waals surface area contributed by atoms with Crippen LogP contribution in [-0.4, -0.2) is 0 Å². The summed E-state index contributed by atoms with van der Waals surface area (Å²) in [6.07, 6.45) is 3.94. The number of allylic oxidation sites excluding steroid dienone is 1. The standard InChI is InChI=1S/C13H14O/c1-9(2)11-6-7-13-12(8-11)5-4-10(3)14-13/h4-9H,3H2,1-2H3. The molecule has 1 aliphatic heterocycles. The predicted molar refractivity (Wildman–Crippen MR) is 59.3 cm³/mol. The maximum absolute atomic E-state index is 5.49. The number of hydrogen-bond donors (Lipinski definition) is 0. The van der Waals surface area contributed by atoms with E-state index in [1.54, 1.807) is 0 Å². The van der Waals surface area contributed by atoms with Crippen molar-refractivity contribution in [2.75, 3.05) is 0 Å². The number of rotatable bonds is 1. The van der Waals surface area contributed by atoms with E-state index in [4.69, 9.17) is 4.74 Å². The first-order valence-electron chi connectivity index (χ1n) is 4.85. The second-order valence-electron chi connectivity index (χ2n) is 3.85. The topological polar surface area (TPSA) is 9.23 Å². The van der Waals surface area contributed by atoms with Crippen molar-refractivity contribution in [3.8, 4) is 5.75 Å². The minimum atomic E-state index is 0.554. The van der Waals surface area contributed by atoms with Gasteiger partial charge < -0.3 is 4.74 Å². The molecule has 0 radical (unpaired) electrons. The Morgan fingerprint density at radius 3 is 2.71 bits per heavy atom. The molecule has 0 unspecified atom stereocenters. The monoisotopic (exact) mass is 186 g/mol. The fourth-order valence-corrected chi connectivity index (χ4v) is 1.51. The Hall–Kier alpha value is -1.50. The molecule has 0 fully saturated rings. The van der Waals surface area contributed by atoms with Crippen LogP contribution in [0.25, 0.3) is 6.08 Å². The second-order valence-corrected chi connectivity index (χ2v) is 3.85. The van der Waals surface area contributed by atoms with Gasteiger partial charge in [0.25, 0.3) is 0 Å². The molecule has 0 bridgehead atoms. The average Bonchev–Trinajstić information content (AvgIpc) is 2.16. The van der Waals surface area contributed by atoms with Gasteiger partial charge in [0, 0.05) is 5.56 Å². The number of benzene rings is 1. The summed E-state index contributed by atoms with van der Waals surface area (Å²) in [4.78, 5) is 0. The van der Waals surface area contributed by atoms with E-state index in [9.17, 15) is 0 Å². The van der Waals surface area contributed by atoms with E-state index in [2.05, 4.69) is 32.6 Å². The number of ether oxygens (including phenoxy) is 1. The highest BCUT2D eigenvalue weighted by Gasteiger charge is 2.09. The van der Waals surface area contributed by atoms with Crippen LogP contribution in [0.2, 0.25) is 0 Å². The maximum atomic E-state index is 5.49. The molecule has 1 heteroatoms. The highest BCUT2D eigenvalue weighted by Crippen LogP contribution is 2.29. The Morgan fingerprint density at radius 2 is 2.00 bits per heavy atom. The highest BCUT2D eigenvalue weighted by molar-refractivity contribution is 5.63. The second kappa shape index (κ2) is 3.33. The molecular formula is C13H14O. The zero-order valence-electron chi connectivity index (χ0n) is 8.58. The summed E-state index contributed by atoms with van der Waals surface area (Å²) in [7, 11) is 0. The molecule has 72 valence electrons. The molecule has 0 atom stereocenters. The van der Waals surface area contributed by atoms with Gasteiger partial charge in [0.1, 0.15) is 11.5 Å². The van der Waals surface area contributed by atoms with Crippen LogP contribution in [0.1, 0.15) is 30.9 Å². The third kappa shape index (κ3) is 1.58. The van der Waals surface area contributed by atoms with Gasteiger partial charge >= 0.3 is 0 Å². The Balaban J connectivity index is 2.44. The van der Waals surface area contributed by atoms with Crippen molar-refractivity contribution >= 4 is 6.08 Å². The molecule has 0 saturated carbocycles. The van der Waals surface area contributed by atoms with Crippen LogP contribution < -0.4 is 4.74 Å². The van der Waals surface area contributed by atoms with Crippen LogP contribution in [-0.2, 0) is 0 Å². The van der Waals surface area contributed by atoms with Gasteiger partial charge in [-0.15, -0.1) is 0 Å². The molecule has 0 amide bonds. The van der Waals surface area contributed by atoms with Crippen molar-refractivity contribution in [3.05, 3.63) is 47.7 Å². The highest BCUT2D eigenvalue weighted by atomic mass is 16.5. The lowest BCUT2D eigenvalue weighted by molar-refractivity contribution is 0.442. The predicted octanol–water partition coefficient (Wildman–Crippen LogP) is 3.73. The number of fused-ring (bicyclic) bond motifs is 1. The first-order chi connectivity index (χ1) is 6.66. The van der Waals surface area contributed by atoms with E-state index < -0.39 is 0 Å². The van der Waals surface area contributed by atoms with Crippen molar-refractivity contribution in [3.63, 3.8) is 0 Å². The Bertz CT molecular complexity index is 400. The fraction of sp³-hybridized carbons (Fsp3) is 0.231. The van der Waals surface area contributed by atoms with Crippen molar-refractivity contribution in [1.82, 2.24) is 0 Å². The van der Waals surface area contributed by atoms with Gasteiger partial charge in [0.05, 0.1) is 0 Å². The van der Waals surface area contributed by atoms with Crippen molar-refractivity contribution in [2.45, 2.75) is 19.8 Å². The fourth-order valence-electron chi connectivity index (χ4n) is 1.51. The Labute approximate surface area is 84.7 Å². The molecule has 0 saturated heterocycles. The Morgan fingerprint density at radius 1 is 1.21 bits per heavy atom.